The Morgan fingerprint density at radius 3 is 2.22 bits per heavy atom. The average molecular weight is 645 g/mol. The van der Waals surface area contributed by atoms with E-state index >= 15 is 0 Å². The van der Waals surface area contributed by atoms with Gasteiger partial charge in [-0.15, -0.1) is 0 Å². The molecule has 248 valence electrons. The number of halogens is 6. The van der Waals surface area contributed by atoms with E-state index in [0.29, 0.717) is 31.8 Å². The van der Waals surface area contributed by atoms with Crippen LogP contribution in [0.25, 0.3) is 0 Å². The highest BCUT2D eigenvalue weighted by molar-refractivity contribution is 5.68. The number of rotatable bonds is 6. The van der Waals surface area contributed by atoms with Crippen molar-refractivity contribution in [1.29, 1.82) is 0 Å². The summed E-state index contributed by atoms with van der Waals surface area (Å²) < 4.78 is 96.2. The number of fused-ring (bicyclic) bond motifs is 1. The molecule has 3 aliphatic carbocycles. The number of carbonyl (C=O) groups excluding carboxylic acids is 3. The van der Waals surface area contributed by atoms with Gasteiger partial charge in [0, 0.05) is 40.0 Å². The van der Waals surface area contributed by atoms with Gasteiger partial charge in [0.1, 0.15) is 12.2 Å². The summed E-state index contributed by atoms with van der Waals surface area (Å²) in [7, 11) is 0. The topological polar surface area (TPSA) is 78.9 Å². The fraction of sp³-hybridized carbons (Fsp3) is 0.606. The van der Waals surface area contributed by atoms with Crippen LogP contribution >= 0.6 is 0 Å². The van der Waals surface area contributed by atoms with Crippen molar-refractivity contribution >= 4 is 17.9 Å². The molecule has 0 aliphatic heterocycles. The summed E-state index contributed by atoms with van der Waals surface area (Å²) in [5.74, 6) is 0.157. The van der Waals surface area contributed by atoms with Gasteiger partial charge in [0.2, 0.25) is 0 Å². The Morgan fingerprint density at radius 2 is 1.67 bits per heavy atom. The zero-order chi connectivity index (χ0) is 34.0. The molecule has 0 amide bonds. The Morgan fingerprint density at radius 1 is 1.04 bits per heavy atom. The number of carbonyl (C=O) groups is 3. The lowest BCUT2D eigenvalue weighted by Crippen LogP contribution is -2.58. The number of hydrogen-bond acceptors (Lipinski definition) is 6. The van der Waals surface area contributed by atoms with Gasteiger partial charge in [0.05, 0.1) is 0 Å². The molecular formula is C33H38F6O6. The molecule has 0 aromatic heterocycles. The van der Waals surface area contributed by atoms with Crippen LogP contribution in [-0.2, 0) is 28.6 Å². The smallest absolute Gasteiger partial charge is 0.450 e. The van der Waals surface area contributed by atoms with Gasteiger partial charge in [-0.25, -0.2) is 0 Å². The lowest BCUT2D eigenvalue weighted by atomic mass is 9.62. The Balaban J connectivity index is 1.85. The first kappa shape index (κ1) is 36.0. The van der Waals surface area contributed by atoms with Crippen molar-refractivity contribution in [3.63, 3.8) is 0 Å². The van der Waals surface area contributed by atoms with E-state index < -0.39 is 59.4 Å². The highest BCUT2D eigenvalue weighted by atomic mass is 19.4. The number of alkyl halides is 6. The van der Waals surface area contributed by atoms with Crippen molar-refractivity contribution in [2.24, 2.45) is 17.3 Å². The predicted octanol–water partition coefficient (Wildman–Crippen LogP) is 7.65. The highest BCUT2D eigenvalue weighted by Crippen LogP contribution is 2.57. The molecule has 3 unspecified atom stereocenters. The molecule has 3 aliphatic rings. The first-order chi connectivity index (χ1) is 20.7. The van der Waals surface area contributed by atoms with Gasteiger partial charge >= 0.3 is 35.9 Å². The van der Waals surface area contributed by atoms with Gasteiger partial charge in [-0.1, -0.05) is 55.7 Å². The minimum atomic E-state index is -5.99. The number of ether oxygens (including phenoxy) is 3. The van der Waals surface area contributed by atoms with Crippen LogP contribution < -0.4 is 0 Å². The summed E-state index contributed by atoms with van der Waals surface area (Å²) in [6, 6.07) is 0. The zero-order valence-corrected chi connectivity index (χ0v) is 25.9. The van der Waals surface area contributed by atoms with E-state index in [1.165, 1.54) is 19.8 Å². The van der Waals surface area contributed by atoms with Crippen LogP contribution in [0, 0.1) is 29.1 Å². The van der Waals surface area contributed by atoms with Crippen LogP contribution in [0.2, 0.25) is 0 Å². The van der Waals surface area contributed by atoms with Crippen LogP contribution in [0.5, 0.6) is 0 Å². The molecule has 2 fully saturated rings. The number of hydrogen-bond donors (Lipinski definition) is 0. The molecule has 0 saturated heterocycles. The maximum Gasteiger partial charge on any atom is 0.450 e. The van der Waals surface area contributed by atoms with Crippen LogP contribution in [-0.4, -0.2) is 48.1 Å². The molecule has 0 N–H and O–H groups in total. The van der Waals surface area contributed by atoms with Crippen molar-refractivity contribution < 1.29 is 54.9 Å². The second kappa shape index (κ2) is 13.5. The summed E-state index contributed by atoms with van der Waals surface area (Å²) in [5, 5.41) is 0. The van der Waals surface area contributed by atoms with E-state index in [1.807, 2.05) is 31.1 Å². The molecule has 12 heteroatoms. The molecule has 0 bridgehead atoms. The number of esters is 3. The third kappa shape index (κ3) is 7.85. The molecule has 0 spiro atoms. The standard InChI is InChI=1S/C33H38F6O6/c1-19(9-7-16-31(32(34,35)36,33(37,38)39)45-23(5)42)27-13-14-28-24(10-8-15-30(27,28)6)11-12-25-17-26(43-21(3)40)18-29(20(25)2)44-22(4)41/h11-13,19,26,28-29H,2,8-10,14-15,17-18H2,1,3-6H3/b24-11+,25-12-/t19?,26?,28?,29-,30+/m0/s1. The van der Waals surface area contributed by atoms with Gasteiger partial charge < -0.3 is 14.2 Å². The fourth-order valence-electron chi connectivity index (χ4n) is 6.79. The third-order valence-corrected chi connectivity index (χ3v) is 8.78. The lowest BCUT2D eigenvalue weighted by Gasteiger charge is -2.42. The van der Waals surface area contributed by atoms with E-state index in [9.17, 15) is 40.7 Å². The summed E-state index contributed by atoms with van der Waals surface area (Å²) in [4.78, 5) is 34.5. The monoisotopic (exact) mass is 644 g/mol. The summed E-state index contributed by atoms with van der Waals surface area (Å²) >= 11 is 0. The Bertz CT molecular complexity index is 1340. The first-order valence-electron chi connectivity index (χ1n) is 14.7. The van der Waals surface area contributed by atoms with Crippen LogP contribution in [0.3, 0.4) is 0 Å². The normalized spacial score (nSPS) is 28.0. The largest absolute Gasteiger partial charge is 0.462 e. The molecule has 6 nitrogen and oxygen atoms in total. The van der Waals surface area contributed by atoms with E-state index in [0.717, 1.165) is 36.0 Å². The number of allylic oxidation sites excluding steroid dienone is 5. The average Bonchev–Trinajstić information content (AvgIpc) is 3.24. The molecule has 0 radical (unpaired) electrons. The molecule has 5 atom stereocenters. The lowest BCUT2D eigenvalue weighted by molar-refractivity contribution is -0.345. The van der Waals surface area contributed by atoms with Gasteiger partial charge in [-0.2, -0.15) is 26.3 Å². The first-order valence-corrected chi connectivity index (χ1v) is 14.7. The van der Waals surface area contributed by atoms with Crippen molar-refractivity contribution in [1.82, 2.24) is 0 Å². The minimum Gasteiger partial charge on any atom is -0.462 e. The van der Waals surface area contributed by atoms with E-state index in [1.54, 1.807) is 6.92 Å². The van der Waals surface area contributed by atoms with Crippen molar-refractivity contribution in [3.05, 3.63) is 47.1 Å². The molecule has 2 saturated carbocycles. The summed E-state index contributed by atoms with van der Waals surface area (Å²) in [6.45, 7) is 10.9. The third-order valence-electron chi connectivity index (χ3n) is 8.78. The van der Waals surface area contributed by atoms with Crippen molar-refractivity contribution in [2.45, 2.75) is 110 Å². The minimum absolute atomic E-state index is 0.0457. The zero-order valence-electron chi connectivity index (χ0n) is 25.9. The van der Waals surface area contributed by atoms with E-state index in [-0.39, 0.29) is 12.3 Å². The molecule has 45 heavy (non-hydrogen) atoms. The summed E-state index contributed by atoms with van der Waals surface area (Å²) in [6.07, 6.45) is -3.85. The fourth-order valence-corrected chi connectivity index (χ4v) is 6.79. The van der Waals surface area contributed by atoms with E-state index in [4.69, 9.17) is 9.47 Å². The Kier molecular flexibility index (Phi) is 10.8. The molecule has 0 heterocycles. The molecule has 0 aromatic rings. The SMILES string of the molecule is C=C1/C(=C\C=C2/CCC[C@]3(C)C(C(C)CC#CC(OC(C)=O)(C(F)(F)F)C(F)(F)F)=CCC23)CC(OC(C)=O)C[C@@H]1OC(C)=O. The van der Waals surface area contributed by atoms with Crippen LogP contribution in [0.4, 0.5) is 26.3 Å². The maximum absolute atomic E-state index is 13.6. The van der Waals surface area contributed by atoms with Gasteiger partial charge in [0.15, 0.2) is 0 Å². The van der Waals surface area contributed by atoms with Gasteiger partial charge in [-0.3, -0.25) is 14.4 Å². The quantitative estimate of drug-likeness (QED) is 0.0973. The summed E-state index contributed by atoms with van der Waals surface area (Å²) in [5.41, 5.74) is -1.89. The van der Waals surface area contributed by atoms with Crippen LogP contribution in [0.1, 0.15) is 79.6 Å². The predicted molar refractivity (Wildman–Crippen MR) is 152 cm³/mol. The van der Waals surface area contributed by atoms with Crippen molar-refractivity contribution in [3.8, 4) is 11.8 Å². The van der Waals surface area contributed by atoms with E-state index in [2.05, 4.69) is 11.3 Å². The van der Waals surface area contributed by atoms with Crippen LogP contribution in [0.15, 0.2) is 47.1 Å². The maximum atomic E-state index is 13.6. The molecule has 3 rings (SSSR count). The van der Waals surface area contributed by atoms with Gasteiger partial charge in [0.25, 0.3) is 0 Å². The Hall–Kier alpha value is -3.49. The highest BCUT2D eigenvalue weighted by Gasteiger charge is 2.74. The Labute approximate surface area is 258 Å². The van der Waals surface area contributed by atoms with Crippen molar-refractivity contribution in [2.75, 3.05) is 0 Å². The molecular weight excluding hydrogens is 606 g/mol. The molecule has 0 aromatic carbocycles. The second-order valence-electron chi connectivity index (χ2n) is 12.1. The van der Waals surface area contributed by atoms with Gasteiger partial charge in [-0.05, 0) is 60.0 Å². The second-order valence-corrected chi connectivity index (χ2v) is 12.1.